The molecule has 0 fully saturated rings. The molecule has 28 heavy (non-hydrogen) atoms. The average Bonchev–Trinajstić information content (AvgIpc) is 2.68. The normalized spacial score (nSPS) is 17.6. The molecule has 154 valence electrons. The Morgan fingerprint density at radius 1 is 0.929 bits per heavy atom. The van der Waals surface area contributed by atoms with E-state index in [0.717, 1.165) is 23.0 Å². The van der Waals surface area contributed by atoms with Crippen molar-refractivity contribution in [3.8, 4) is 5.75 Å². The van der Waals surface area contributed by atoms with Gasteiger partial charge in [-0.3, -0.25) is 19.7 Å². The van der Waals surface area contributed by atoms with Gasteiger partial charge in [0.1, 0.15) is 5.75 Å². The number of thioether (sulfide) groups is 3. The van der Waals surface area contributed by atoms with Crippen LogP contribution in [0.15, 0.2) is 12.1 Å². The Morgan fingerprint density at radius 3 is 1.82 bits per heavy atom. The smallest absolute Gasteiger partial charge is 0.270 e. The van der Waals surface area contributed by atoms with Crippen molar-refractivity contribution in [3.63, 3.8) is 0 Å². The fraction of sp³-hybridized carbons (Fsp3) is 0.529. The number of rotatable bonds is 2. The third kappa shape index (κ3) is 7.44. The maximum atomic E-state index is 12.1. The first-order chi connectivity index (χ1) is 13.5. The van der Waals surface area contributed by atoms with E-state index in [9.17, 15) is 19.7 Å². The lowest BCUT2D eigenvalue weighted by Crippen LogP contribution is -2.27. The average molecular weight is 446 g/mol. The summed E-state index contributed by atoms with van der Waals surface area (Å²) in [5.41, 5.74) is 0.903. The second kappa shape index (κ2) is 12.1. The van der Waals surface area contributed by atoms with Crippen LogP contribution in [-0.4, -0.2) is 58.4 Å². The molecule has 0 spiro atoms. The highest BCUT2D eigenvalue weighted by molar-refractivity contribution is 8.04. The fourth-order valence-electron chi connectivity index (χ4n) is 2.52. The molecule has 0 aliphatic carbocycles. The standard InChI is InChI=1S/C17H23N3O5S3/c1-25-17-12-6-14(20(23)24)7-13(17)9-19-16(22)11-28-5-3-26-2-4-27-10-15(21)18-8-12/h6-7H,2-5,8-11H2,1H3,(H,18,21)(H,19,22). The number of methoxy groups -OCH3 is 1. The molecule has 11 heteroatoms. The number of nitrogens with one attached hydrogen (secondary N) is 2. The number of nitro groups is 1. The SMILES string of the molecule is COc1c2cc([N+](=O)[O-])cc1CNC(=O)CSCCSCCSCC(=O)NC2. The van der Waals surface area contributed by atoms with Crippen LogP contribution >= 0.6 is 35.3 Å². The summed E-state index contributed by atoms with van der Waals surface area (Å²) in [7, 11) is 1.47. The van der Waals surface area contributed by atoms with Gasteiger partial charge in [-0.1, -0.05) is 0 Å². The largest absolute Gasteiger partial charge is 0.496 e. The monoisotopic (exact) mass is 445 g/mol. The minimum Gasteiger partial charge on any atom is -0.496 e. The maximum Gasteiger partial charge on any atom is 0.270 e. The zero-order chi connectivity index (χ0) is 20.4. The van der Waals surface area contributed by atoms with Crippen LogP contribution in [0.1, 0.15) is 11.1 Å². The van der Waals surface area contributed by atoms with E-state index in [4.69, 9.17) is 4.74 Å². The van der Waals surface area contributed by atoms with Crippen LogP contribution in [0.3, 0.4) is 0 Å². The Balaban J connectivity index is 2.23. The Labute approximate surface area is 176 Å². The van der Waals surface area contributed by atoms with Crippen LogP contribution in [-0.2, 0) is 22.7 Å². The number of nitro benzene ring substituents is 1. The molecule has 1 aromatic carbocycles. The molecule has 0 saturated carbocycles. The number of hydrogen-bond donors (Lipinski definition) is 2. The third-order valence-electron chi connectivity index (χ3n) is 3.80. The van der Waals surface area contributed by atoms with Crippen LogP contribution in [0.5, 0.6) is 5.75 Å². The second-order valence-electron chi connectivity index (χ2n) is 5.83. The second-order valence-corrected chi connectivity index (χ2v) is 9.26. The van der Waals surface area contributed by atoms with E-state index in [1.54, 1.807) is 23.5 Å². The minimum atomic E-state index is -0.495. The Morgan fingerprint density at radius 2 is 1.39 bits per heavy atom. The molecule has 1 aliphatic heterocycles. The number of hydrogen-bond acceptors (Lipinski definition) is 8. The number of nitrogens with zero attached hydrogens (tertiary/aromatic N) is 1. The number of ether oxygens (including phenoxy) is 1. The quantitative estimate of drug-likeness (QED) is 0.526. The number of carbonyl (C=O) groups is 2. The third-order valence-corrected chi connectivity index (χ3v) is 7.23. The van der Waals surface area contributed by atoms with Gasteiger partial charge in [-0.25, -0.2) is 0 Å². The van der Waals surface area contributed by atoms with Gasteiger partial charge in [0, 0.05) is 59.4 Å². The summed E-state index contributed by atoms with van der Waals surface area (Å²) in [5, 5.41) is 16.9. The molecular weight excluding hydrogens is 422 g/mol. The van der Waals surface area contributed by atoms with Crippen molar-refractivity contribution in [2.45, 2.75) is 13.1 Å². The maximum absolute atomic E-state index is 12.1. The van der Waals surface area contributed by atoms with Crippen molar-refractivity contribution in [1.29, 1.82) is 0 Å². The Kier molecular flexibility index (Phi) is 9.79. The predicted molar refractivity (Wildman–Crippen MR) is 115 cm³/mol. The van der Waals surface area contributed by atoms with Crippen LogP contribution in [0.25, 0.3) is 0 Å². The van der Waals surface area contributed by atoms with E-state index < -0.39 is 4.92 Å². The Hall–Kier alpha value is -1.59. The lowest BCUT2D eigenvalue weighted by molar-refractivity contribution is -0.385. The van der Waals surface area contributed by atoms with E-state index >= 15 is 0 Å². The lowest BCUT2D eigenvalue weighted by Gasteiger charge is -2.15. The first-order valence-corrected chi connectivity index (χ1v) is 12.1. The van der Waals surface area contributed by atoms with E-state index in [1.165, 1.54) is 19.2 Å². The van der Waals surface area contributed by atoms with Gasteiger partial charge >= 0.3 is 0 Å². The van der Waals surface area contributed by atoms with Crippen molar-refractivity contribution in [3.05, 3.63) is 33.4 Å². The van der Waals surface area contributed by atoms with Gasteiger partial charge in [0.2, 0.25) is 11.8 Å². The predicted octanol–water partition coefficient (Wildman–Crippen LogP) is 2.05. The number of benzene rings is 1. The van der Waals surface area contributed by atoms with E-state index in [2.05, 4.69) is 10.6 Å². The fourth-order valence-corrected chi connectivity index (χ4v) is 5.48. The van der Waals surface area contributed by atoms with Crippen molar-refractivity contribution >= 4 is 52.8 Å². The van der Waals surface area contributed by atoms with Crippen molar-refractivity contribution in [1.82, 2.24) is 10.6 Å². The topological polar surface area (TPSA) is 111 Å². The molecule has 2 rings (SSSR count). The van der Waals surface area contributed by atoms with Crippen LogP contribution < -0.4 is 15.4 Å². The molecule has 2 N–H and O–H groups in total. The molecule has 0 radical (unpaired) electrons. The summed E-state index contributed by atoms with van der Waals surface area (Å²) in [5.74, 6) is 4.50. The highest BCUT2D eigenvalue weighted by Crippen LogP contribution is 2.29. The minimum absolute atomic E-state index is 0.107. The molecule has 8 nitrogen and oxygen atoms in total. The summed E-state index contributed by atoms with van der Waals surface area (Å²) < 4.78 is 5.43. The lowest BCUT2D eigenvalue weighted by atomic mass is 10.1. The summed E-state index contributed by atoms with van der Waals surface area (Å²) in [4.78, 5) is 34.9. The van der Waals surface area contributed by atoms with Gasteiger partial charge in [0.05, 0.1) is 23.5 Å². The Bertz CT molecular complexity index is 670. The van der Waals surface area contributed by atoms with Gasteiger partial charge < -0.3 is 15.4 Å². The van der Waals surface area contributed by atoms with E-state index in [0.29, 0.717) is 28.4 Å². The number of non-ortho nitro benzene ring substituents is 1. The summed E-state index contributed by atoms with van der Waals surface area (Å²) in [6.45, 7) is 0.242. The van der Waals surface area contributed by atoms with Crippen LogP contribution in [0.2, 0.25) is 0 Å². The number of carbonyl (C=O) groups excluding carboxylic acids is 2. The number of fused-ring (bicyclic) bond motifs is 2. The molecule has 0 unspecified atom stereocenters. The molecule has 2 bridgehead atoms. The highest BCUT2D eigenvalue weighted by atomic mass is 32.2. The molecule has 1 aliphatic rings. The highest BCUT2D eigenvalue weighted by Gasteiger charge is 2.18. The molecular formula is C17H23N3O5S3. The van der Waals surface area contributed by atoms with Gasteiger partial charge in [0.25, 0.3) is 5.69 Å². The molecule has 0 saturated heterocycles. The summed E-state index contributed by atoms with van der Waals surface area (Å²) in [6.07, 6.45) is 0. The molecule has 0 aromatic heterocycles. The van der Waals surface area contributed by atoms with E-state index in [-0.39, 0.29) is 30.6 Å². The van der Waals surface area contributed by atoms with Crippen LogP contribution in [0, 0.1) is 10.1 Å². The first-order valence-electron chi connectivity index (χ1n) is 8.62. The van der Waals surface area contributed by atoms with Gasteiger partial charge in [-0.2, -0.15) is 35.3 Å². The molecule has 2 amide bonds. The van der Waals surface area contributed by atoms with Crippen molar-refractivity contribution in [2.24, 2.45) is 0 Å². The van der Waals surface area contributed by atoms with Gasteiger partial charge in [0.15, 0.2) is 0 Å². The van der Waals surface area contributed by atoms with Gasteiger partial charge in [-0.05, 0) is 0 Å². The molecule has 1 aromatic rings. The van der Waals surface area contributed by atoms with Gasteiger partial charge in [-0.15, -0.1) is 0 Å². The molecule has 0 atom stereocenters. The number of amides is 2. The zero-order valence-electron chi connectivity index (χ0n) is 15.5. The molecule has 1 heterocycles. The summed E-state index contributed by atoms with van der Waals surface area (Å²) in [6, 6.07) is 2.78. The zero-order valence-corrected chi connectivity index (χ0v) is 18.0. The summed E-state index contributed by atoms with van der Waals surface area (Å²) >= 11 is 4.92. The van der Waals surface area contributed by atoms with Crippen molar-refractivity contribution in [2.75, 3.05) is 41.6 Å². The first kappa shape index (κ1) is 22.7. The van der Waals surface area contributed by atoms with Crippen molar-refractivity contribution < 1.29 is 19.2 Å². The van der Waals surface area contributed by atoms with Crippen LogP contribution in [0.4, 0.5) is 5.69 Å². The van der Waals surface area contributed by atoms with E-state index in [1.807, 2.05) is 11.8 Å².